The highest BCUT2D eigenvalue weighted by molar-refractivity contribution is 6.15. The fourth-order valence-corrected chi connectivity index (χ4v) is 4.12. The summed E-state index contributed by atoms with van der Waals surface area (Å²) >= 11 is 0. The number of aliphatic imine (C=N–C) groups is 1. The quantitative estimate of drug-likeness (QED) is 0.470. The number of hydrogen-bond donors (Lipinski definition) is 1. The minimum Gasteiger partial charge on any atom is -0.353 e. The van der Waals surface area contributed by atoms with Crippen LogP contribution in [-0.2, 0) is 6.54 Å². The van der Waals surface area contributed by atoms with E-state index < -0.39 is 11.7 Å². The first-order chi connectivity index (χ1) is 16.2. The summed E-state index contributed by atoms with van der Waals surface area (Å²) in [7, 11) is 1.67. The lowest BCUT2D eigenvalue weighted by Crippen LogP contribution is -2.24. The Morgan fingerprint density at radius 2 is 1.91 bits per heavy atom. The second-order valence-corrected chi connectivity index (χ2v) is 8.50. The van der Waals surface area contributed by atoms with E-state index in [-0.39, 0.29) is 13.0 Å². The molecule has 1 aliphatic heterocycles. The Morgan fingerprint density at radius 3 is 2.62 bits per heavy atom. The fraction of sp³-hybridized carbons (Fsp3) is 0.269. The van der Waals surface area contributed by atoms with E-state index in [0.29, 0.717) is 30.2 Å². The second kappa shape index (κ2) is 9.77. The number of nitrogens with zero attached hydrogens (tertiary/aromatic N) is 4. The van der Waals surface area contributed by atoms with E-state index in [9.17, 15) is 13.2 Å². The van der Waals surface area contributed by atoms with Crippen LogP contribution in [0.15, 0.2) is 72.4 Å². The molecule has 5 nitrogen and oxygen atoms in total. The smallest absolute Gasteiger partial charge is 0.261 e. The number of likely N-dealkylation sites (tertiary alicyclic amines) is 1. The van der Waals surface area contributed by atoms with E-state index in [0.717, 1.165) is 34.0 Å². The minimum atomic E-state index is -2.62. The van der Waals surface area contributed by atoms with E-state index in [4.69, 9.17) is 0 Å². The van der Waals surface area contributed by atoms with Crippen molar-refractivity contribution in [3.8, 4) is 11.1 Å². The van der Waals surface area contributed by atoms with Crippen molar-refractivity contribution in [2.75, 3.05) is 25.5 Å². The van der Waals surface area contributed by atoms with Crippen molar-refractivity contribution >= 4 is 11.4 Å². The lowest BCUT2D eigenvalue weighted by atomic mass is 9.96. The molecule has 1 aromatic carbocycles. The summed E-state index contributed by atoms with van der Waals surface area (Å²) in [4.78, 5) is 14.4. The number of allylic oxidation sites excluding steroid dienone is 1. The number of aromatic nitrogens is 2. The third-order valence-electron chi connectivity index (χ3n) is 5.79. The van der Waals surface area contributed by atoms with Crippen molar-refractivity contribution in [2.45, 2.75) is 25.8 Å². The van der Waals surface area contributed by atoms with Gasteiger partial charge in [-0.25, -0.2) is 13.2 Å². The summed E-state index contributed by atoms with van der Waals surface area (Å²) in [6, 6.07) is 9.29. The van der Waals surface area contributed by atoms with E-state index >= 15 is 0 Å². The van der Waals surface area contributed by atoms with Crippen molar-refractivity contribution in [2.24, 2.45) is 4.99 Å². The van der Waals surface area contributed by atoms with E-state index in [1.165, 1.54) is 12.3 Å². The summed E-state index contributed by atoms with van der Waals surface area (Å²) in [5.41, 5.74) is 6.16. The van der Waals surface area contributed by atoms with Crippen LogP contribution in [0, 0.1) is 12.7 Å². The zero-order chi connectivity index (χ0) is 24.3. The van der Waals surface area contributed by atoms with Gasteiger partial charge >= 0.3 is 0 Å². The van der Waals surface area contributed by atoms with Gasteiger partial charge in [0, 0.05) is 56.1 Å². The standard InChI is InChI=1S/C26H26F3N5/c1-17-4-5-20(21-8-19(11-31-12-21)15-34-7-6-26(28,29)16-34)9-24(17)25(30-3)18(2)33-23-10-22(27)13-32-14-23/h4-5,8-14,33H,2,6-7,15-16H2,1,3H3. The number of anilines is 1. The van der Waals surface area contributed by atoms with Gasteiger partial charge in [-0.1, -0.05) is 18.7 Å². The molecule has 0 saturated carbocycles. The average molecular weight is 466 g/mol. The molecule has 3 aromatic rings. The van der Waals surface area contributed by atoms with Gasteiger partial charge in [-0.2, -0.15) is 0 Å². The van der Waals surface area contributed by atoms with Crippen LogP contribution in [0.5, 0.6) is 0 Å². The van der Waals surface area contributed by atoms with Gasteiger partial charge in [-0.05, 0) is 35.7 Å². The van der Waals surface area contributed by atoms with E-state index in [1.807, 2.05) is 31.2 Å². The van der Waals surface area contributed by atoms with Crippen molar-refractivity contribution in [3.05, 3.63) is 89.9 Å². The third kappa shape index (κ3) is 5.51. The van der Waals surface area contributed by atoms with Crippen molar-refractivity contribution in [3.63, 3.8) is 0 Å². The molecule has 8 heteroatoms. The molecule has 4 rings (SSSR count). The molecule has 1 N–H and O–H groups in total. The molecule has 0 amide bonds. The zero-order valence-electron chi connectivity index (χ0n) is 19.2. The van der Waals surface area contributed by atoms with Gasteiger partial charge in [0.25, 0.3) is 5.92 Å². The topological polar surface area (TPSA) is 53.4 Å². The number of nitrogens with one attached hydrogen (secondary N) is 1. The average Bonchev–Trinajstić information content (AvgIpc) is 3.13. The van der Waals surface area contributed by atoms with Gasteiger partial charge in [0.1, 0.15) is 5.82 Å². The van der Waals surface area contributed by atoms with Gasteiger partial charge in [-0.3, -0.25) is 19.9 Å². The van der Waals surface area contributed by atoms with Crippen molar-refractivity contribution in [1.29, 1.82) is 0 Å². The van der Waals surface area contributed by atoms with Crippen LogP contribution in [0.1, 0.15) is 23.1 Å². The minimum absolute atomic E-state index is 0.107. The molecule has 1 aliphatic rings. The molecule has 0 radical (unpaired) electrons. The highest BCUT2D eigenvalue weighted by Gasteiger charge is 2.37. The van der Waals surface area contributed by atoms with Crippen LogP contribution in [0.25, 0.3) is 11.1 Å². The van der Waals surface area contributed by atoms with Crippen molar-refractivity contribution in [1.82, 2.24) is 14.9 Å². The van der Waals surface area contributed by atoms with Gasteiger partial charge < -0.3 is 5.32 Å². The Labute approximate surface area is 197 Å². The molecule has 0 atom stereocenters. The largest absolute Gasteiger partial charge is 0.353 e. The monoisotopic (exact) mass is 465 g/mol. The summed E-state index contributed by atoms with van der Waals surface area (Å²) in [6.07, 6.45) is 6.01. The Bertz CT molecular complexity index is 1240. The first kappa shape index (κ1) is 23.6. The van der Waals surface area contributed by atoms with Crippen LogP contribution in [-0.4, -0.2) is 46.6 Å². The molecule has 0 spiro atoms. The molecule has 1 saturated heterocycles. The summed E-state index contributed by atoms with van der Waals surface area (Å²) < 4.78 is 40.6. The number of halogens is 3. The fourth-order valence-electron chi connectivity index (χ4n) is 4.12. The van der Waals surface area contributed by atoms with Crippen LogP contribution in [0.4, 0.5) is 18.9 Å². The van der Waals surface area contributed by atoms with Gasteiger partial charge in [0.2, 0.25) is 0 Å². The maximum absolute atomic E-state index is 13.6. The molecule has 0 bridgehead atoms. The van der Waals surface area contributed by atoms with E-state index in [1.54, 1.807) is 24.3 Å². The lowest BCUT2D eigenvalue weighted by molar-refractivity contribution is 0.0115. The molecule has 2 aromatic heterocycles. The highest BCUT2D eigenvalue weighted by Crippen LogP contribution is 2.29. The number of aryl methyl sites for hydroxylation is 1. The van der Waals surface area contributed by atoms with Gasteiger partial charge in [-0.15, -0.1) is 0 Å². The normalized spacial score (nSPS) is 16.0. The predicted molar refractivity (Wildman–Crippen MR) is 129 cm³/mol. The summed E-state index contributed by atoms with van der Waals surface area (Å²) in [5.74, 6) is -3.07. The Kier molecular flexibility index (Phi) is 6.79. The SMILES string of the molecule is C=C(Nc1cncc(F)c1)C(=NC)c1cc(-c2cncc(CN3CCC(F)(F)C3)c2)ccc1C. The van der Waals surface area contributed by atoms with Crippen LogP contribution < -0.4 is 5.32 Å². The lowest BCUT2D eigenvalue weighted by Gasteiger charge is -2.17. The third-order valence-corrected chi connectivity index (χ3v) is 5.79. The maximum Gasteiger partial charge on any atom is 0.261 e. The van der Waals surface area contributed by atoms with Crippen LogP contribution >= 0.6 is 0 Å². The second-order valence-electron chi connectivity index (χ2n) is 8.50. The zero-order valence-corrected chi connectivity index (χ0v) is 19.2. The number of hydrogen-bond acceptors (Lipinski definition) is 5. The number of alkyl halides is 2. The molecular weight excluding hydrogens is 439 g/mol. The van der Waals surface area contributed by atoms with Gasteiger partial charge in [0.15, 0.2) is 0 Å². The van der Waals surface area contributed by atoms with E-state index in [2.05, 4.69) is 26.9 Å². The first-order valence-electron chi connectivity index (χ1n) is 10.9. The maximum atomic E-state index is 13.6. The number of benzene rings is 1. The summed E-state index contributed by atoms with van der Waals surface area (Å²) in [6.45, 7) is 6.64. The molecule has 1 fully saturated rings. The number of rotatable bonds is 7. The summed E-state index contributed by atoms with van der Waals surface area (Å²) in [5, 5.41) is 3.07. The molecule has 0 unspecified atom stereocenters. The molecule has 34 heavy (non-hydrogen) atoms. The van der Waals surface area contributed by atoms with Crippen LogP contribution in [0.2, 0.25) is 0 Å². The Balaban J connectivity index is 1.57. The molecule has 176 valence electrons. The Hall–Kier alpha value is -3.52. The molecule has 0 aliphatic carbocycles. The first-order valence-corrected chi connectivity index (χ1v) is 10.9. The molecule has 3 heterocycles. The van der Waals surface area contributed by atoms with Gasteiger partial charge in [0.05, 0.1) is 36.0 Å². The highest BCUT2D eigenvalue weighted by atomic mass is 19.3. The van der Waals surface area contributed by atoms with Crippen LogP contribution in [0.3, 0.4) is 0 Å². The molecular formula is C26H26F3N5. The number of pyridine rings is 2. The van der Waals surface area contributed by atoms with Crippen molar-refractivity contribution < 1.29 is 13.2 Å². The predicted octanol–water partition coefficient (Wildman–Crippen LogP) is 5.48. The Morgan fingerprint density at radius 1 is 1.12 bits per heavy atom.